The Kier molecular flexibility index (Phi) is 5.73. The number of rotatable bonds is 4. The Bertz CT molecular complexity index is 554. The van der Waals surface area contributed by atoms with Crippen molar-refractivity contribution in [1.29, 1.82) is 0 Å². The molecule has 0 fully saturated rings. The van der Waals surface area contributed by atoms with Crippen LogP contribution in [0.3, 0.4) is 0 Å². The fraction of sp³-hybridized carbons (Fsp3) is 0.417. The summed E-state index contributed by atoms with van der Waals surface area (Å²) in [5, 5.41) is 17.7. The van der Waals surface area contributed by atoms with Crippen LogP contribution in [-0.2, 0) is 0 Å². The first-order valence-corrected chi connectivity index (χ1v) is 5.60. The number of aromatic nitrogens is 2. The Morgan fingerprint density at radius 2 is 2.37 bits per heavy atom. The molecule has 0 saturated heterocycles. The molecule has 0 aliphatic carbocycles. The van der Waals surface area contributed by atoms with E-state index in [2.05, 4.69) is 26.8 Å². The minimum absolute atomic E-state index is 0.0937. The number of aliphatic hydroxyl groups excluding tert-OH is 2. The molecule has 0 aromatic carbocycles. The van der Waals surface area contributed by atoms with Gasteiger partial charge in [-0.05, 0) is 0 Å². The summed E-state index contributed by atoms with van der Waals surface area (Å²) in [6.45, 7) is -0.360. The van der Waals surface area contributed by atoms with Gasteiger partial charge in [0.05, 0.1) is 25.2 Å². The van der Waals surface area contributed by atoms with Crippen LogP contribution in [0.25, 0.3) is 0 Å². The molecule has 0 aliphatic heterocycles. The molecule has 0 unspecified atom stereocenters. The standard InChI is InChI=1S/C12H16N4O3/c1-16(2)8-14-12-13-6-9(11(19)15-12)4-3-5-10(18)7-17/h6,8,10,17-18H,5,7H2,1-2H3,(H,13,15,19)/b14-8+/t10-/m0/s1. The molecule has 1 aromatic heterocycles. The fourth-order valence-electron chi connectivity index (χ4n) is 1.04. The molecule has 102 valence electrons. The lowest BCUT2D eigenvalue weighted by Gasteiger charge is -2.01. The number of nitrogens with one attached hydrogen (secondary N) is 1. The number of H-pyrrole nitrogens is 1. The largest absolute Gasteiger partial charge is 0.394 e. The van der Waals surface area contributed by atoms with Gasteiger partial charge in [-0.2, -0.15) is 0 Å². The first kappa shape index (κ1) is 14.9. The van der Waals surface area contributed by atoms with E-state index in [0.717, 1.165) is 0 Å². The predicted molar refractivity (Wildman–Crippen MR) is 71.3 cm³/mol. The highest BCUT2D eigenvalue weighted by molar-refractivity contribution is 5.57. The lowest BCUT2D eigenvalue weighted by atomic mass is 10.2. The van der Waals surface area contributed by atoms with Gasteiger partial charge in [0.2, 0.25) is 5.95 Å². The highest BCUT2D eigenvalue weighted by Gasteiger charge is 2.00. The molecule has 0 radical (unpaired) electrons. The van der Waals surface area contributed by atoms with E-state index in [-0.39, 0.29) is 24.5 Å². The molecular weight excluding hydrogens is 248 g/mol. The van der Waals surface area contributed by atoms with E-state index < -0.39 is 11.7 Å². The lowest BCUT2D eigenvalue weighted by Crippen LogP contribution is -2.12. The van der Waals surface area contributed by atoms with E-state index in [1.807, 2.05) is 0 Å². The minimum Gasteiger partial charge on any atom is -0.394 e. The van der Waals surface area contributed by atoms with Gasteiger partial charge in [0, 0.05) is 20.5 Å². The van der Waals surface area contributed by atoms with E-state index >= 15 is 0 Å². The summed E-state index contributed by atoms with van der Waals surface area (Å²) >= 11 is 0. The molecular formula is C12H16N4O3. The number of aromatic amines is 1. The van der Waals surface area contributed by atoms with Gasteiger partial charge in [0.1, 0.15) is 5.56 Å². The Morgan fingerprint density at radius 1 is 1.63 bits per heavy atom. The maximum Gasteiger partial charge on any atom is 0.268 e. The van der Waals surface area contributed by atoms with Crippen LogP contribution < -0.4 is 5.56 Å². The smallest absolute Gasteiger partial charge is 0.268 e. The lowest BCUT2D eigenvalue weighted by molar-refractivity contribution is 0.0992. The Morgan fingerprint density at radius 3 is 2.95 bits per heavy atom. The van der Waals surface area contributed by atoms with Crippen LogP contribution in [0.15, 0.2) is 16.0 Å². The van der Waals surface area contributed by atoms with Gasteiger partial charge >= 0.3 is 0 Å². The topological polar surface area (TPSA) is 102 Å². The zero-order valence-electron chi connectivity index (χ0n) is 10.8. The highest BCUT2D eigenvalue weighted by atomic mass is 16.3. The van der Waals surface area contributed by atoms with Crippen molar-refractivity contribution in [2.45, 2.75) is 12.5 Å². The number of aliphatic imine (C=N–C) groups is 1. The normalized spacial score (nSPS) is 12.0. The second-order valence-electron chi connectivity index (χ2n) is 4.00. The van der Waals surface area contributed by atoms with Gasteiger partial charge in [0.15, 0.2) is 0 Å². The summed E-state index contributed by atoms with van der Waals surface area (Å²) in [5.74, 6) is 5.37. The summed E-state index contributed by atoms with van der Waals surface area (Å²) in [6.07, 6.45) is 2.03. The summed E-state index contributed by atoms with van der Waals surface area (Å²) in [5.41, 5.74) is -0.208. The van der Waals surface area contributed by atoms with Crippen molar-refractivity contribution in [2.24, 2.45) is 4.99 Å². The molecule has 0 amide bonds. The first-order chi connectivity index (χ1) is 9.02. The third-order valence-corrected chi connectivity index (χ3v) is 1.97. The molecule has 0 bridgehead atoms. The number of aliphatic hydroxyl groups is 2. The zero-order chi connectivity index (χ0) is 14.3. The second-order valence-corrected chi connectivity index (χ2v) is 4.00. The molecule has 7 heteroatoms. The van der Waals surface area contributed by atoms with Crippen LogP contribution >= 0.6 is 0 Å². The summed E-state index contributed by atoms with van der Waals surface area (Å²) in [7, 11) is 3.60. The van der Waals surface area contributed by atoms with Crippen molar-refractivity contribution in [3.05, 3.63) is 22.1 Å². The second kappa shape index (κ2) is 7.31. The predicted octanol–water partition coefficient (Wildman–Crippen LogP) is -0.914. The number of hydrogen-bond donors (Lipinski definition) is 3. The van der Waals surface area contributed by atoms with Crippen molar-refractivity contribution < 1.29 is 10.2 Å². The zero-order valence-corrected chi connectivity index (χ0v) is 10.8. The summed E-state index contributed by atoms with van der Waals surface area (Å²) in [4.78, 5) is 23.7. The molecule has 0 spiro atoms. The highest BCUT2D eigenvalue weighted by Crippen LogP contribution is 1.98. The number of hydrogen-bond acceptors (Lipinski definition) is 5. The Hall–Kier alpha value is -2.17. The summed E-state index contributed by atoms with van der Waals surface area (Å²) in [6, 6.07) is 0. The molecule has 1 rings (SSSR count). The molecule has 1 aromatic rings. The van der Waals surface area contributed by atoms with Crippen molar-refractivity contribution in [3.63, 3.8) is 0 Å². The maximum atomic E-state index is 11.6. The van der Waals surface area contributed by atoms with Crippen molar-refractivity contribution in [3.8, 4) is 11.8 Å². The molecule has 0 saturated carbocycles. The summed E-state index contributed by atoms with van der Waals surface area (Å²) < 4.78 is 0. The van der Waals surface area contributed by atoms with Crippen LogP contribution in [0.5, 0.6) is 0 Å². The maximum absolute atomic E-state index is 11.6. The van der Waals surface area contributed by atoms with E-state index in [0.29, 0.717) is 0 Å². The van der Waals surface area contributed by atoms with Gasteiger partial charge in [-0.1, -0.05) is 11.8 Å². The molecule has 1 heterocycles. The van der Waals surface area contributed by atoms with Crippen molar-refractivity contribution in [2.75, 3.05) is 20.7 Å². The van der Waals surface area contributed by atoms with Crippen molar-refractivity contribution >= 4 is 12.3 Å². The Balaban J connectivity index is 2.81. The minimum atomic E-state index is -0.900. The molecule has 7 nitrogen and oxygen atoms in total. The Labute approximate surface area is 110 Å². The van der Waals surface area contributed by atoms with Crippen LogP contribution in [0.2, 0.25) is 0 Å². The van der Waals surface area contributed by atoms with Gasteiger partial charge in [-0.25, -0.2) is 9.98 Å². The van der Waals surface area contributed by atoms with Gasteiger partial charge in [-0.15, -0.1) is 0 Å². The van der Waals surface area contributed by atoms with Gasteiger partial charge < -0.3 is 15.1 Å². The van der Waals surface area contributed by atoms with Crippen LogP contribution in [0.4, 0.5) is 5.95 Å². The van der Waals surface area contributed by atoms with Crippen molar-refractivity contribution in [1.82, 2.24) is 14.9 Å². The molecule has 1 atom stereocenters. The average Bonchev–Trinajstić information content (AvgIpc) is 2.38. The van der Waals surface area contributed by atoms with Gasteiger partial charge in [0.25, 0.3) is 5.56 Å². The third kappa shape index (κ3) is 5.33. The molecule has 3 N–H and O–H groups in total. The first-order valence-electron chi connectivity index (χ1n) is 5.60. The van der Waals surface area contributed by atoms with E-state index in [1.165, 1.54) is 12.5 Å². The SMILES string of the molecule is CN(C)/C=N/c1ncc(C#CC[C@H](O)CO)c(=O)[nH]1. The van der Waals surface area contributed by atoms with Crippen LogP contribution in [-0.4, -0.2) is 58.2 Å². The van der Waals surface area contributed by atoms with Crippen LogP contribution in [0.1, 0.15) is 12.0 Å². The van der Waals surface area contributed by atoms with E-state index in [4.69, 9.17) is 10.2 Å². The van der Waals surface area contributed by atoms with E-state index in [9.17, 15) is 4.79 Å². The molecule has 19 heavy (non-hydrogen) atoms. The quantitative estimate of drug-likeness (QED) is 0.371. The monoisotopic (exact) mass is 264 g/mol. The number of nitrogens with zero attached hydrogens (tertiary/aromatic N) is 3. The average molecular weight is 264 g/mol. The third-order valence-electron chi connectivity index (χ3n) is 1.97. The van der Waals surface area contributed by atoms with Gasteiger partial charge in [-0.3, -0.25) is 9.78 Å². The van der Waals surface area contributed by atoms with E-state index in [1.54, 1.807) is 19.0 Å². The fourth-order valence-corrected chi connectivity index (χ4v) is 1.04. The van der Waals surface area contributed by atoms with Crippen LogP contribution in [0, 0.1) is 11.8 Å². The molecule has 0 aliphatic rings.